The molecule has 0 fully saturated rings. The maximum Gasteiger partial charge on any atom is 0.133 e. The number of hydrogen-bond donors (Lipinski definition) is 1. The monoisotopic (exact) mass is 351 g/mol. The Hall–Kier alpha value is -1.11. The third-order valence-corrected chi connectivity index (χ3v) is 3.97. The zero-order valence-corrected chi connectivity index (χ0v) is 17.5. The second-order valence-corrected chi connectivity index (χ2v) is 7.44. The second kappa shape index (κ2) is 19.2. The predicted octanol–water partition coefficient (Wildman–Crippen LogP) is 6.05. The first-order valence-electron chi connectivity index (χ1n) is 9.65. The SMILES string of the molecule is CC(C)=CCCC(C)CCO.CC(C)=CCCC(C)CCOCC#N. The van der Waals surface area contributed by atoms with Gasteiger partial charge in [0, 0.05) is 13.2 Å². The van der Waals surface area contributed by atoms with Crippen molar-refractivity contribution in [3.8, 4) is 6.07 Å². The van der Waals surface area contributed by atoms with Gasteiger partial charge in [-0.25, -0.2) is 0 Å². The summed E-state index contributed by atoms with van der Waals surface area (Å²) in [5, 5.41) is 16.9. The Kier molecular flexibility index (Phi) is 20.1. The fourth-order valence-electron chi connectivity index (χ4n) is 2.22. The van der Waals surface area contributed by atoms with E-state index in [-0.39, 0.29) is 6.61 Å². The molecule has 0 aromatic carbocycles. The molecule has 0 amide bonds. The summed E-state index contributed by atoms with van der Waals surface area (Å²) in [6.07, 6.45) is 11.2. The van der Waals surface area contributed by atoms with Gasteiger partial charge in [-0.15, -0.1) is 0 Å². The molecule has 0 aromatic heterocycles. The first kappa shape index (κ1) is 26.1. The normalized spacial score (nSPS) is 12.2. The van der Waals surface area contributed by atoms with Crippen molar-refractivity contribution < 1.29 is 9.84 Å². The van der Waals surface area contributed by atoms with Crippen LogP contribution in [0, 0.1) is 23.2 Å². The van der Waals surface area contributed by atoms with Gasteiger partial charge in [-0.1, -0.05) is 37.1 Å². The van der Waals surface area contributed by atoms with E-state index in [1.165, 1.54) is 24.0 Å². The fraction of sp³-hybridized carbons (Fsp3) is 0.773. The lowest BCUT2D eigenvalue weighted by atomic mass is 10.0. The van der Waals surface area contributed by atoms with Gasteiger partial charge in [-0.2, -0.15) is 5.26 Å². The highest BCUT2D eigenvalue weighted by Gasteiger charge is 2.00. The van der Waals surface area contributed by atoms with Gasteiger partial charge in [-0.05, 0) is 78.1 Å². The van der Waals surface area contributed by atoms with Gasteiger partial charge in [0.15, 0.2) is 0 Å². The van der Waals surface area contributed by atoms with E-state index in [0.717, 1.165) is 25.7 Å². The summed E-state index contributed by atoms with van der Waals surface area (Å²) in [5.74, 6) is 1.35. The Morgan fingerprint density at radius 1 is 0.920 bits per heavy atom. The lowest BCUT2D eigenvalue weighted by Gasteiger charge is -2.08. The molecule has 3 heteroatoms. The molecule has 0 bridgehead atoms. The van der Waals surface area contributed by atoms with Gasteiger partial charge in [0.05, 0.1) is 6.07 Å². The van der Waals surface area contributed by atoms with Gasteiger partial charge in [0.2, 0.25) is 0 Å². The zero-order chi connectivity index (χ0) is 19.5. The van der Waals surface area contributed by atoms with Gasteiger partial charge in [-0.3, -0.25) is 0 Å². The van der Waals surface area contributed by atoms with Crippen molar-refractivity contribution in [2.75, 3.05) is 19.8 Å². The molecule has 2 atom stereocenters. The second-order valence-electron chi connectivity index (χ2n) is 7.44. The van der Waals surface area contributed by atoms with Crippen molar-refractivity contribution in [1.29, 1.82) is 5.26 Å². The van der Waals surface area contributed by atoms with Crippen LogP contribution < -0.4 is 0 Å². The highest BCUT2D eigenvalue weighted by molar-refractivity contribution is 4.93. The lowest BCUT2D eigenvalue weighted by Crippen LogP contribution is -2.02. The summed E-state index contributed by atoms with van der Waals surface area (Å²) < 4.78 is 5.10. The Labute approximate surface area is 156 Å². The minimum atomic E-state index is 0.223. The molecule has 0 aliphatic rings. The van der Waals surface area contributed by atoms with Gasteiger partial charge in [0.25, 0.3) is 0 Å². The van der Waals surface area contributed by atoms with Crippen LogP contribution >= 0.6 is 0 Å². The minimum absolute atomic E-state index is 0.223. The summed E-state index contributed by atoms with van der Waals surface area (Å²) in [5.41, 5.74) is 2.78. The predicted molar refractivity (Wildman–Crippen MR) is 108 cm³/mol. The number of aliphatic hydroxyl groups excluding tert-OH is 1. The molecule has 1 N–H and O–H groups in total. The van der Waals surface area contributed by atoms with Crippen LogP contribution in [-0.2, 0) is 4.74 Å². The molecular formula is C22H41NO2. The van der Waals surface area contributed by atoms with Crippen LogP contribution in [0.15, 0.2) is 23.3 Å². The van der Waals surface area contributed by atoms with E-state index in [0.29, 0.717) is 25.0 Å². The average molecular weight is 352 g/mol. The van der Waals surface area contributed by atoms with Crippen molar-refractivity contribution in [3.63, 3.8) is 0 Å². The third kappa shape index (κ3) is 25.2. The van der Waals surface area contributed by atoms with Crippen molar-refractivity contribution in [1.82, 2.24) is 0 Å². The number of allylic oxidation sites excluding steroid dienone is 4. The number of aliphatic hydroxyl groups is 1. The summed E-state index contributed by atoms with van der Waals surface area (Å²) in [6, 6.07) is 1.97. The first-order valence-corrected chi connectivity index (χ1v) is 9.65. The lowest BCUT2D eigenvalue weighted by molar-refractivity contribution is 0.149. The first-order chi connectivity index (χ1) is 11.8. The summed E-state index contributed by atoms with van der Waals surface area (Å²) >= 11 is 0. The molecule has 146 valence electrons. The summed E-state index contributed by atoms with van der Waals surface area (Å²) in [4.78, 5) is 0. The van der Waals surface area contributed by atoms with Gasteiger partial charge in [0.1, 0.15) is 6.61 Å². The van der Waals surface area contributed by atoms with Crippen molar-refractivity contribution in [3.05, 3.63) is 23.3 Å². The molecule has 25 heavy (non-hydrogen) atoms. The van der Waals surface area contributed by atoms with Crippen molar-refractivity contribution in [2.45, 2.75) is 80.1 Å². The van der Waals surface area contributed by atoms with Crippen molar-refractivity contribution in [2.24, 2.45) is 11.8 Å². The Balaban J connectivity index is 0. The molecule has 0 aromatic rings. The topological polar surface area (TPSA) is 53.2 Å². The van der Waals surface area contributed by atoms with Gasteiger partial charge < -0.3 is 9.84 Å². The van der Waals surface area contributed by atoms with E-state index in [2.05, 4.69) is 53.7 Å². The molecule has 0 radical (unpaired) electrons. The van der Waals surface area contributed by atoms with Crippen LogP contribution in [0.5, 0.6) is 0 Å². The molecule has 0 saturated carbocycles. The van der Waals surface area contributed by atoms with Crippen LogP contribution in [0.2, 0.25) is 0 Å². The highest BCUT2D eigenvalue weighted by atomic mass is 16.5. The Morgan fingerprint density at radius 3 is 1.80 bits per heavy atom. The number of ether oxygens (including phenoxy) is 1. The average Bonchev–Trinajstić information content (AvgIpc) is 2.52. The highest BCUT2D eigenvalue weighted by Crippen LogP contribution is 2.12. The third-order valence-electron chi connectivity index (χ3n) is 3.97. The van der Waals surface area contributed by atoms with E-state index in [9.17, 15) is 0 Å². The van der Waals surface area contributed by atoms with E-state index in [4.69, 9.17) is 15.1 Å². The Morgan fingerprint density at radius 2 is 1.40 bits per heavy atom. The molecule has 2 unspecified atom stereocenters. The maximum atomic E-state index is 8.63. The molecule has 0 heterocycles. The molecule has 0 saturated heterocycles. The fourth-order valence-corrected chi connectivity index (χ4v) is 2.22. The number of rotatable bonds is 12. The van der Waals surface area contributed by atoms with E-state index in [1.54, 1.807) is 0 Å². The van der Waals surface area contributed by atoms with Crippen LogP contribution in [-0.4, -0.2) is 24.9 Å². The van der Waals surface area contributed by atoms with Crippen LogP contribution in [0.4, 0.5) is 0 Å². The number of nitrogens with zero attached hydrogens (tertiary/aromatic N) is 1. The molecule has 0 spiro atoms. The number of nitriles is 1. The van der Waals surface area contributed by atoms with Gasteiger partial charge >= 0.3 is 0 Å². The van der Waals surface area contributed by atoms with Crippen LogP contribution in [0.1, 0.15) is 80.1 Å². The van der Waals surface area contributed by atoms with E-state index in [1.807, 2.05) is 6.07 Å². The molecule has 3 nitrogen and oxygen atoms in total. The summed E-state index contributed by atoms with van der Waals surface area (Å²) in [6.45, 7) is 14.2. The quantitative estimate of drug-likeness (QED) is 0.344. The molecule has 0 aliphatic heterocycles. The van der Waals surface area contributed by atoms with E-state index < -0.39 is 0 Å². The standard InChI is InChI=1S/C12H21NO.C10H20O/c1-11(2)5-4-6-12(3)7-9-14-10-8-13;1-9(2)5-4-6-10(3)7-8-11/h5,12H,4,6-7,9-10H2,1-3H3;5,10-11H,4,6-8H2,1-3H3. The number of hydrogen-bond acceptors (Lipinski definition) is 3. The maximum absolute atomic E-state index is 8.63. The molecular weight excluding hydrogens is 310 g/mol. The van der Waals surface area contributed by atoms with E-state index >= 15 is 0 Å². The summed E-state index contributed by atoms with van der Waals surface area (Å²) in [7, 11) is 0. The minimum Gasteiger partial charge on any atom is -0.396 e. The zero-order valence-electron chi connectivity index (χ0n) is 17.5. The smallest absolute Gasteiger partial charge is 0.133 e. The van der Waals surface area contributed by atoms with Crippen molar-refractivity contribution >= 4 is 0 Å². The molecule has 0 aliphatic carbocycles. The van der Waals surface area contributed by atoms with Crippen LogP contribution in [0.25, 0.3) is 0 Å². The van der Waals surface area contributed by atoms with Crippen LogP contribution in [0.3, 0.4) is 0 Å². The molecule has 0 rings (SSSR count). The largest absolute Gasteiger partial charge is 0.396 e. The Bertz CT molecular complexity index is 385.